The van der Waals surface area contributed by atoms with Crippen LogP contribution >= 0.6 is 39.1 Å². The quantitative estimate of drug-likeness (QED) is 0.143. The Morgan fingerprint density at radius 1 is 0.900 bits per heavy atom. The molecule has 3 atom stereocenters. The van der Waals surface area contributed by atoms with E-state index >= 15 is 0 Å². The van der Waals surface area contributed by atoms with E-state index in [9.17, 15) is 8.78 Å². The van der Waals surface area contributed by atoms with E-state index in [0.29, 0.717) is 40.7 Å². The summed E-state index contributed by atoms with van der Waals surface area (Å²) >= 11 is 14.4. The number of benzene rings is 2. The first-order valence-electron chi connectivity index (χ1n) is 21.8. The highest BCUT2D eigenvalue weighted by molar-refractivity contribution is 9.10. The molecule has 2 aliphatic rings. The number of anilines is 1. The van der Waals surface area contributed by atoms with Crippen LogP contribution < -0.4 is 14.4 Å². The second-order valence-electron chi connectivity index (χ2n) is 11.3. The molecule has 2 aromatic carbocycles. The Balaban J connectivity index is 0.000000235. The Kier molecular flexibility index (Phi) is 6.74. The Hall–Kier alpha value is -3.82. The summed E-state index contributed by atoms with van der Waals surface area (Å²) in [5, 5.41) is 11.2. The third-order valence-corrected chi connectivity index (χ3v) is 8.95. The van der Waals surface area contributed by atoms with Crippen LogP contribution in [0.25, 0.3) is 0 Å². The molecular formula is C33H36BrCl2F2N9O3. The fraction of sp³-hybridized carbons (Fsp3) is 0.455. The number of hydrogen-bond donors (Lipinski definition) is 0. The van der Waals surface area contributed by atoms with Crippen molar-refractivity contribution in [1.82, 2.24) is 39.7 Å². The van der Waals surface area contributed by atoms with Gasteiger partial charge in [-0.05, 0) is 105 Å². The molecule has 0 radical (unpaired) electrons. The number of hydrogen-bond acceptors (Lipinski definition) is 10. The number of halogens is 5. The standard InChI is InChI=1S/C22H26ClFN6O2.C11H10BrClFN3O/c1-12(2)30-22(31-16-6-7-19(24)18(23)8-16)26-20(27-30)9-17-14-4-5-15(17)11-29(10-14)21-25-13(3)28-32-21;1-6(2)17-11(15-10(12)16-17)18-7-3-4-9(14)8(13)5-7/h6-8,12,14-15,17H,4-5,9-11H2,1-3H3;3-6H,1-2H3/t14-,15+,17?;/i1D3,2D3,12D;1D3,2D3,6D. The van der Waals surface area contributed by atoms with Crippen LogP contribution in [-0.4, -0.2) is 52.8 Å². The lowest BCUT2D eigenvalue weighted by molar-refractivity contribution is 0.253. The molecule has 50 heavy (non-hydrogen) atoms. The van der Waals surface area contributed by atoms with Crippen molar-refractivity contribution in [3.63, 3.8) is 0 Å². The lowest BCUT2D eigenvalue weighted by atomic mass is 9.82. The number of nitrogens with zero attached hydrogens (tertiary/aromatic N) is 9. The molecule has 17 heteroatoms. The topological polar surface area (TPSA) is 122 Å². The first kappa shape index (κ1) is 22.2. The zero-order valence-electron chi connectivity index (χ0n) is 39.9. The van der Waals surface area contributed by atoms with Crippen molar-refractivity contribution in [2.75, 3.05) is 18.0 Å². The number of aromatic nitrogens is 8. The molecule has 1 unspecified atom stereocenters. The fourth-order valence-electron chi connectivity index (χ4n) is 5.86. The van der Waals surface area contributed by atoms with Crippen molar-refractivity contribution in [3.8, 4) is 23.5 Å². The van der Waals surface area contributed by atoms with Gasteiger partial charge < -0.3 is 18.9 Å². The van der Waals surface area contributed by atoms with Crippen molar-refractivity contribution in [2.24, 2.45) is 17.8 Å². The summed E-state index contributed by atoms with van der Waals surface area (Å²) in [6.07, 6.45) is 2.21. The van der Waals surface area contributed by atoms with E-state index in [4.69, 9.17) is 56.4 Å². The molecule has 5 aromatic rings. The number of aryl methyl sites for hydroxylation is 1. The lowest BCUT2D eigenvalue weighted by Gasteiger charge is -2.36. The zero-order chi connectivity index (χ0) is 47.5. The van der Waals surface area contributed by atoms with Crippen LogP contribution in [0.5, 0.6) is 23.5 Å². The van der Waals surface area contributed by atoms with Crippen LogP contribution in [0, 0.1) is 36.3 Å². The molecule has 0 spiro atoms. The molecule has 1 aliphatic carbocycles. The number of piperidine rings is 1. The van der Waals surface area contributed by atoms with Gasteiger partial charge in [0.25, 0.3) is 0 Å². The second kappa shape index (κ2) is 15.2. The normalized spacial score (nSPS) is 24.0. The number of rotatable bonds is 9. The summed E-state index contributed by atoms with van der Waals surface area (Å²) in [5.41, 5.74) is 0. The summed E-state index contributed by atoms with van der Waals surface area (Å²) in [5.74, 6) is -0.216. The first-order valence-corrected chi connectivity index (χ1v) is 16.4. The minimum Gasteiger partial charge on any atom is -0.424 e. The highest BCUT2D eigenvalue weighted by Crippen LogP contribution is 2.44. The molecule has 1 saturated heterocycles. The number of ether oxygens (including phenoxy) is 2. The van der Waals surface area contributed by atoms with Gasteiger partial charge in [0.2, 0.25) is 4.73 Å². The summed E-state index contributed by atoms with van der Waals surface area (Å²) in [7, 11) is 0. The van der Waals surface area contributed by atoms with Gasteiger partial charge in [-0.3, -0.25) is 0 Å². The molecular weight excluding hydrogens is 759 g/mol. The minimum absolute atomic E-state index is 0.0248. The highest BCUT2D eigenvalue weighted by Gasteiger charge is 2.43. The summed E-state index contributed by atoms with van der Waals surface area (Å²) < 4.78 is 153. The Bertz CT molecular complexity index is 2440. The molecule has 2 bridgehead atoms. The zero-order valence-corrected chi connectivity index (χ0v) is 29.0. The van der Waals surface area contributed by atoms with Gasteiger partial charge in [0.15, 0.2) is 11.6 Å². The molecule has 2 fully saturated rings. The molecule has 12 nitrogen and oxygen atoms in total. The number of fused-ring (bicyclic) bond motifs is 2. The van der Waals surface area contributed by atoms with Gasteiger partial charge in [0.1, 0.15) is 23.1 Å². The Morgan fingerprint density at radius 3 is 1.98 bits per heavy atom. The van der Waals surface area contributed by atoms with Gasteiger partial charge >= 0.3 is 18.0 Å². The maximum absolute atomic E-state index is 13.7. The maximum Gasteiger partial charge on any atom is 0.324 e. The average molecular weight is 810 g/mol. The van der Waals surface area contributed by atoms with E-state index in [1.165, 1.54) is 12.1 Å². The molecule has 3 aromatic heterocycles. The van der Waals surface area contributed by atoms with Gasteiger partial charge in [0, 0.05) is 48.1 Å². The van der Waals surface area contributed by atoms with E-state index in [1.54, 1.807) is 6.92 Å². The van der Waals surface area contributed by atoms with E-state index in [1.807, 2.05) is 0 Å². The molecule has 0 amide bonds. The molecule has 1 aliphatic heterocycles. The third-order valence-electron chi connectivity index (χ3n) is 8.03. The predicted molar refractivity (Wildman–Crippen MR) is 186 cm³/mol. The van der Waals surface area contributed by atoms with Crippen molar-refractivity contribution < 1.29 is 42.0 Å². The highest BCUT2D eigenvalue weighted by atomic mass is 79.9. The molecule has 7 rings (SSSR count). The smallest absolute Gasteiger partial charge is 0.324 e. The lowest BCUT2D eigenvalue weighted by Crippen LogP contribution is -2.43. The van der Waals surface area contributed by atoms with Crippen LogP contribution in [0.4, 0.5) is 14.8 Å². The van der Waals surface area contributed by atoms with Gasteiger partial charge in [0.05, 0.1) is 24.8 Å². The van der Waals surface area contributed by atoms with Gasteiger partial charge in [-0.15, -0.1) is 5.10 Å². The van der Waals surface area contributed by atoms with Crippen molar-refractivity contribution in [2.45, 2.75) is 65.6 Å². The van der Waals surface area contributed by atoms with Crippen LogP contribution in [0.3, 0.4) is 0 Å². The van der Waals surface area contributed by atoms with Crippen LogP contribution in [-0.2, 0) is 6.42 Å². The summed E-state index contributed by atoms with van der Waals surface area (Å²) in [6.45, 7) is -10.1. The molecule has 1 saturated carbocycles. The first-order chi connectivity index (χ1) is 29.4. The maximum atomic E-state index is 13.7. The van der Waals surface area contributed by atoms with Crippen molar-refractivity contribution in [1.29, 1.82) is 0 Å². The average Bonchev–Trinajstić information content (AvgIpc) is 3.93. The molecule has 4 heterocycles. The minimum atomic E-state index is -3.33. The molecule has 266 valence electrons. The second-order valence-corrected chi connectivity index (χ2v) is 12.9. The monoisotopic (exact) mass is 807 g/mol. The van der Waals surface area contributed by atoms with Crippen molar-refractivity contribution in [3.05, 3.63) is 74.5 Å². The van der Waals surface area contributed by atoms with E-state index < -0.39 is 63.1 Å². The SMILES string of the molecule is [2H]C([2H])([2H])C([2H])(n1nc(Br)nc1Oc1ccc(F)c(Cl)c1)C([2H])([2H])[2H].[2H]C([2H])([2H])C([2H])(n1nc(CC2[C@@H]3CC[C@H]2CN(c2nc(C)no2)C3)nc1Oc1ccc(F)c(Cl)c1)C([2H])([2H])[2H]. The van der Waals surface area contributed by atoms with Gasteiger partial charge in [-0.25, -0.2) is 18.1 Å². The van der Waals surface area contributed by atoms with E-state index in [2.05, 4.69) is 51.1 Å². The van der Waals surface area contributed by atoms with Gasteiger partial charge in [-0.2, -0.15) is 20.1 Å². The van der Waals surface area contributed by atoms with E-state index in [-0.39, 0.29) is 49.9 Å². The van der Waals surface area contributed by atoms with Crippen LogP contribution in [0.2, 0.25) is 10.0 Å². The molecule has 0 N–H and O–H groups in total. The van der Waals surface area contributed by atoms with Crippen molar-refractivity contribution >= 4 is 45.1 Å². The predicted octanol–water partition coefficient (Wildman–Crippen LogP) is 9.05. The Labute approximate surface area is 325 Å². The largest absolute Gasteiger partial charge is 0.424 e. The van der Waals surface area contributed by atoms with Crippen LogP contribution in [0.15, 0.2) is 45.7 Å². The fourth-order valence-corrected chi connectivity index (χ4v) is 6.52. The summed E-state index contributed by atoms with van der Waals surface area (Å²) in [4.78, 5) is 14.5. The van der Waals surface area contributed by atoms with E-state index in [0.717, 1.165) is 37.1 Å². The summed E-state index contributed by atoms with van der Waals surface area (Å²) in [6, 6.07) is -0.352. The van der Waals surface area contributed by atoms with Gasteiger partial charge in [-0.1, -0.05) is 28.4 Å². The van der Waals surface area contributed by atoms with Crippen LogP contribution in [0.1, 0.15) is 83.1 Å². The Morgan fingerprint density at radius 2 is 1.46 bits per heavy atom. The third kappa shape index (κ3) is 8.21.